The molecule has 0 radical (unpaired) electrons. The van der Waals surface area contributed by atoms with Gasteiger partial charge < -0.3 is 10.2 Å². The van der Waals surface area contributed by atoms with Crippen molar-refractivity contribution in [3.05, 3.63) is 35.9 Å². The Bertz CT molecular complexity index is 854. The van der Waals surface area contributed by atoms with Crippen LogP contribution in [0.2, 0.25) is 0 Å². The standard InChI is InChI=1S/C17H21N3O5S/c1-17(12-6-4-3-5-7-12)15(22)20(16(23)18-17)10-14(21)19(2)13-8-9-26(24,25)11-13/h3-7,13H,8-11H2,1-2H3,(H,18,23)/t13-,17+/m0/s1. The zero-order valence-corrected chi connectivity index (χ0v) is 15.5. The maximum Gasteiger partial charge on any atom is 0.325 e. The number of amides is 4. The average Bonchev–Trinajstić information content (AvgIpc) is 3.07. The fraction of sp³-hybridized carbons (Fsp3) is 0.471. The second kappa shape index (κ2) is 6.39. The van der Waals surface area contributed by atoms with Gasteiger partial charge in [0.15, 0.2) is 9.84 Å². The van der Waals surface area contributed by atoms with Crippen LogP contribution in [0.15, 0.2) is 30.3 Å². The van der Waals surface area contributed by atoms with E-state index in [4.69, 9.17) is 0 Å². The summed E-state index contributed by atoms with van der Waals surface area (Å²) in [5.74, 6) is -1.01. The van der Waals surface area contributed by atoms with Crippen molar-refractivity contribution in [3.8, 4) is 0 Å². The van der Waals surface area contributed by atoms with E-state index in [2.05, 4.69) is 5.32 Å². The molecule has 0 aromatic heterocycles. The van der Waals surface area contributed by atoms with Crippen LogP contribution in [0.25, 0.3) is 0 Å². The first-order chi connectivity index (χ1) is 12.1. The van der Waals surface area contributed by atoms with E-state index in [-0.39, 0.29) is 11.5 Å². The zero-order chi connectivity index (χ0) is 19.1. The maximum atomic E-state index is 12.8. The van der Waals surface area contributed by atoms with Crippen molar-refractivity contribution in [1.29, 1.82) is 0 Å². The van der Waals surface area contributed by atoms with E-state index in [1.807, 2.05) is 0 Å². The smallest absolute Gasteiger partial charge is 0.325 e. The number of hydrogen-bond acceptors (Lipinski definition) is 5. The molecular formula is C17H21N3O5S. The summed E-state index contributed by atoms with van der Waals surface area (Å²) < 4.78 is 23.2. The fourth-order valence-corrected chi connectivity index (χ4v) is 5.11. The van der Waals surface area contributed by atoms with Gasteiger partial charge in [-0.3, -0.25) is 14.5 Å². The summed E-state index contributed by atoms with van der Waals surface area (Å²) in [6.45, 7) is 1.18. The van der Waals surface area contributed by atoms with Gasteiger partial charge in [0.2, 0.25) is 5.91 Å². The Kier molecular flexibility index (Phi) is 4.51. The van der Waals surface area contributed by atoms with Crippen molar-refractivity contribution < 1.29 is 22.8 Å². The molecule has 2 atom stereocenters. The summed E-state index contributed by atoms with van der Waals surface area (Å²) in [6.07, 6.45) is 0.368. The van der Waals surface area contributed by atoms with E-state index < -0.39 is 45.8 Å². The van der Waals surface area contributed by atoms with Crippen molar-refractivity contribution in [2.45, 2.75) is 24.9 Å². The third-order valence-electron chi connectivity index (χ3n) is 5.07. The van der Waals surface area contributed by atoms with Gasteiger partial charge in [0.05, 0.1) is 11.5 Å². The highest BCUT2D eigenvalue weighted by Gasteiger charge is 2.49. The Morgan fingerprint density at radius 3 is 2.54 bits per heavy atom. The molecule has 3 rings (SSSR count). The number of nitrogens with zero attached hydrogens (tertiary/aromatic N) is 2. The number of likely N-dealkylation sites (N-methyl/N-ethyl adjacent to an activating group) is 1. The van der Waals surface area contributed by atoms with E-state index in [0.29, 0.717) is 12.0 Å². The summed E-state index contributed by atoms with van der Waals surface area (Å²) in [5.41, 5.74) is -0.600. The van der Waals surface area contributed by atoms with E-state index in [9.17, 15) is 22.8 Å². The van der Waals surface area contributed by atoms with Gasteiger partial charge in [-0.25, -0.2) is 13.2 Å². The van der Waals surface area contributed by atoms with Gasteiger partial charge in [-0.1, -0.05) is 30.3 Å². The molecule has 0 spiro atoms. The van der Waals surface area contributed by atoms with Crippen molar-refractivity contribution in [2.24, 2.45) is 0 Å². The molecule has 2 saturated heterocycles. The van der Waals surface area contributed by atoms with Crippen LogP contribution in [0.4, 0.5) is 4.79 Å². The van der Waals surface area contributed by atoms with Gasteiger partial charge in [-0.15, -0.1) is 0 Å². The minimum absolute atomic E-state index is 0.0461. The quantitative estimate of drug-likeness (QED) is 0.747. The predicted molar refractivity (Wildman–Crippen MR) is 93.9 cm³/mol. The summed E-state index contributed by atoms with van der Waals surface area (Å²) in [7, 11) is -1.63. The Balaban J connectivity index is 1.73. The Morgan fingerprint density at radius 1 is 1.31 bits per heavy atom. The molecule has 0 saturated carbocycles. The minimum Gasteiger partial charge on any atom is -0.340 e. The number of imide groups is 1. The summed E-state index contributed by atoms with van der Waals surface area (Å²) >= 11 is 0. The highest BCUT2D eigenvalue weighted by molar-refractivity contribution is 7.91. The van der Waals surface area contributed by atoms with Gasteiger partial charge in [0.25, 0.3) is 5.91 Å². The highest BCUT2D eigenvalue weighted by atomic mass is 32.2. The number of hydrogen-bond donors (Lipinski definition) is 1. The molecule has 2 aliphatic rings. The van der Waals surface area contributed by atoms with Crippen LogP contribution in [-0.4, -0.2) is 67.2 Å². The van der Waals surface area contributed by atoms with Crippen LogP contribution < -0.4 is 5.32 Å². The van der Waals surface area contributed by atoms with E-state index in [1.54, 1.807) is 37.3 Å². The Hall–Kier alpha value is -2.42. The molecule has 9 heteroatoms. The van der Waals surface area contributed by atoms with Crippen molar-refractivity contribution >= 4 is 27.7 Å². The van der Waals surface area contributed by atoms with Gasteiger partial charge in [-0.05, 0) is 18.9 Å². The van der Waals surface area contributed by atoms with E-state index in [1.165, 1.54) is 11.9 Å². The molecule has 26 heavy (non-hydrogen) atoms. The summed E-state index contributed by atoms with van der Waals surface area (Å²) in [5, 5.41) is 2.64. The fourth-order valence-electron chi connectivity index (χ4n) is 3.34. The molecule has 2 fully saturated rings. The molecule has 1 aromatic carbocycles. The number of sulfone groups is 1. The van der Waals surface area contributed by atoms with Gasteiger partial charge >= 0.3 is 6.03 Å². The van der Waals surface area contributed by atoms with Gasteiger partial charge in [-0.2, -0.15) is 0 Å². The topological polar surface area (TPSA) is 104 Å². The SMILES string of the molecule is CN(C(=O)CN1C(=O)N[C@](C)(c2ccccc2)C1=O)[C@H]1CCS(=O)(=O)C1. The van der Waals surface area contributed by atoms with E-state index >= 15 is 0 Å². The molecule has 2 heterocycles. The minimum atomic E-state index is -3.13. The molecule has 0 unspecified atom stereocenters. The number of benzene rings is 1. The summed E-state index contributed by atoms with van der Waals surface area (Å²) in [4.78, 5) is 39.8. The van der Waals surface area contributed by atoms with Crippen LogP contribution in [-0.2, 0) is 25.0 Å². The normalized spacial score (nSPS) is 27.5. The third-order valence-corrected chi connectivity index (χ3v) is 6.82. The van der Waals surface area contributed by atoms with Crippen LogP contribution in [0, 0.1) is 0 Å². The Labute approximate surface area is 152 Å². The van der Waals surface area contributed by atoms with Crippen LogP contribution in [0.1, 0.15) is 18.9 Å². The molecule has 8 nitrogen and oxygen atoms in total. The lowest BCUT2D eigenvalue weighted by molar-refractivity contribution is -0.139. The van der Waals surface area contributed by atoms with Gasteiger partial charge in [0, 0.05) is 13.1 Å². The number of urea groups is 1. The number of nitrogens with one attached hydrogen (secondary N) is 1. The van der Waals surface area contributed by atoms with Crippen LogP contribution in [0.5, 0.6) is 0 Å². The molecule has 1 aromatic rings. The van der Waals surface area contributed by atoms with Crippen molar-refractivity contribution in [2.75, 3.05) is 25.1 Å². The summed E-state index contributed by atoms with van der Waals surface area (Å²) in [6, 6.07) is 7.75. The van der Waals surface area contributed by atoms with Crippen LogP contribution in [0.3, 0.4) is 0 Å². The maximum absolute atomic E-state index is 12.8. The van der Waals surface area contributed by atoms with Crippen LogP contribution >= 0.6 is 0 Å². The lowest BCUT2D eigenvalue weighted by Crippen LogP contribution is -2.46. The molecule has 140 valence electrons. The molecule has 1 N–H and O–H groups in total. The molecule has 2 aliphatic heterocycles. The Morgan fingerprint density at radius 2 is 1.96 bits per heavy atom. The first kappa shape index (κ1) is 18.4. The second-order valence-electron chi connectivity index (χ2n) is 6.87. The highest BCUT2D eigenvalue weighted by Crippen LogP contribution is 2.28. The number of carbonyl (C=O) groups excluding carboxylic acids is 3. The lowest BCUT2D eigenvalue weighted by atomic mass is 9.92. The molecule has 0 aliphatic carbocycles. The largest absolute Gasteiger partial charge is 0.340 e. The molecule has 4 amide bonds. The zero-order valence-electron chi connectivity index (χ0n) is 14.6. The van der Waals surface area contributed by atoms with E-state index in [0.717, 1.165) is 4.90 Å². The first-order valence-corrected chi connectivity index (χ1v) is 10.1. The predicted octanol–water partition coefficient (Wildman–Crippen LogP) is 0.0991. The van der Waals surface area contributed by atoms with Gasteiger partial charge in [0.1, 0.15) is 12.1 Å². The van der Waals surface area contributed by atoms with Crippen molar-refractivity contribution in [1.82, 2.24) is 15.1 Å². The first-order valence-electron chi connectivity index (χ1n) is 8.30. The number of rotatable bonds is 4. The average molecular weight is 379 g/mol. The molecular weight excluding hydrogens is 358 g/mol. The number of carbonyl (C=O) groups is 3. The second-order valence-corrected chi connectivity index (χ2v) is 9.10. The lowest BCUT2D eigenvalue weighted by Gasteiger charge is -2.26. The molecule has 0 bridgehead atoms. The monoisotopic (exact) mass is 379 g/mol. The third kappa shape index (κ3) is 3.18. The van der Waals surface area contributed by atoms with Crippen molar-refractivity contribution in [3.63, 3.8) is 0 Å².